The molecule has 1 aromatic carbocycles. The first kappa shape index (κ1) is 14.8. The van der Waals surface area contributed by atoms with Crippen molar-refractivity contribution in [2.45, 2.75) is 13.0 Å². The normalized spacial score (nSPS) is 20.9. The number of anilines is 1. The summed E-state index contributed by atoms with van der Waals surface area (Å²) in [6.45, 7) is 5.68. The van der Waals surface area contributed by atoms with Gasteiger partial charge in [0, 0.05) is 43.5 Å². The van der Waals surface area contributed by atoms with Crippen LogP contribution in [0.5, 0.6) is 0 Å². The average Bonchev–Trinajstić information content (AvgIpc) is 2.42. The molecule has 0 aromatic heterocycles. The van der Waals surface area contributed by atoms with Crippen molar-refractivity contribution in [1.82, 2.24) is 15.1 Å². The van der Waals surface area contributed by atoms with Gasteiger partial charge in [0.05, 0.1) is 0 Å². The minimum absolute atomic E-state index is 0.0450. The standard InChI is InChI=1S/C15H24N4O/c1-11-4-5-12(16)8-14(11)15(20)17-9-13-10-18(2)6-7-19(13)3/h4-5,8,13H,6-7,9-10,16H2,1-3H3,(H,17,20). The Balaban J connectivity index is 1.96. The first-order valence-electron chi connectivity index (χ1n) is 7.00. The number of carbonyl (C=O) groups is 1. The van der Waals surface area contributed by atoms with Gasteiger partial charge in [-0.15, -0.1) is 0 Å². The minimum Gasteiger partial charge on any atom is -0.399 e. The maximum Gasteiger partial charge on any atom is 0.251 e. The Labute approximate surface area is 120 Å². The highest BCUT2D eigenvalue weighted by atomic mass is 16.1. The smallest absolute Gasteiger partial charge is 0.251 e. The Morgan fingerprint density at radius 3 is 2.90 bits per heavy atom. The van der Waals surface area contributed by atoms with Crippen molar-refractivity contribution < 1.29 is 4.79 Å². The van der Waals surface area contributed by atoms with E-state index >= 15 is 0 Å². The maximum atomic E-state index is 12.2. The highest BCUT2D eigenvalue weighted by Crippen LogP contribution is 2.13. The number of piperazine rings is 1. The summed E-state index contributed by atoms with van der Waals surface area (Å²) in [5, 5.41) is 3.02. The van der Waals surface area contributed by atoms with Crippen molar-refractivity contribution in [3.05, 3.63) is 29.3 Å². The maximum absolute atomic E-state index is 12.2. The van der Waals surface area contributed by atoms with Crippen molar-refractivity contribution in [2.75, 3.05) is 46.0 Å². The van der Waals surface area contributed by atoms with Crippen LogP contribution in [0.3, 0.4) is 0 Å². The molecule has 1 atom stereocenters. The monoisotopic (exact) mass is 276 g/mol. The molecule has 1 heterocycles. The molecule has 0 saturated carbocycles. The van der Waals surface area contributed by atoms with Gasteiger partial charge in [-0.1, -0.05) is 6.07 Å². The van der Waals surface area contributed by atoms with Crippen LogP contribution in [-0.2, 0) is 0 Å². The predicted octanol–water partition coefficient (Wildman–Crippen LogP) is 0.553. The number of amides is 1. The molecular formula is C15H24N4O. The lowest BCUT2D eigenvalue weighted by atomic mass is 10.1. The third kappa shape index (κ3) is 3.49. The zero-order valence-corrected chi connectivity index (χ0v) is 12.5. The van der Waals surface area contributed by atoms with E-state index < -0.39 is 0 Å². The van der Waals surface area contributed by atoms with E-state index in [9.17, 15) is 4.79 Å². The molecule has 3 N–H and O–H groups in total. The van der Waals surface area contributed by atoms with Crippen LogP contribution in [0, 0.1) is 6.92 Å². The zero-order valence-electron chi connectivity index (χ0n) is 12.5. The Kier molecular flexibility index (Phi) is 4.62. The van der Waals surface area contributed by atoms with Gasteiger partial charge >= 0.3 is 0 Å². The SMILES string of the molecule is Cc1ccc(N)cc1C(=O)NCC1CN(C)CCN1C. The molecule has 1 amide bonds. The number of benzene rings is 1. The highest BCUT2D eigenvalue weighted by molar-refractivity contribution is 5.96. The van der Waals surface area contributed by atoms with Crippen LogP contribution in [-0.4, -0.2) is 62.0 Å². The van der Waals surface area contributed by atoms with Crippen LogP contribution in [0.25, 0.3) is 0 Å². The fourth-order valence-corrected chi connectivity index (χ4v) is 2.51. The fraction of sp³-hybridized carbons (Fsp3) is 0.533. The summed E-state index contributed by atoms with van der Waals surface area (Å²) < 4.78 is 0. The molecule has 0 spiro atoms. The van der Waals surface area contributed by atoms with Crippen LogP contribution in [0.2, 0.25) is 0 Å². The molecule has 0 bridgehead atoms. The number of hydrogen-bond donors (Lipinski definition) is 2. The van der Waals surface area contributed by atoms with Gasteiger partial charge in [-0.3, -0.25) is 9.69 Å². The van der Waals surface area contributed by atoms with Gasteiger partial charge in [-0.25, -0.2) is 0 Å². The molecule has 5 heteroatoms. The van der Waals surface area contributed by atoms with E-state index in [1.165, 1.54) is 0 Å². The number of rotatable bonds is 3. The lowest BCUT2D eigenvalue weighted by Gasteiger charge is -2.37. The molecule has 0 aliphatic carbocycles. The number of nitrogens with two attached hydrogens (primary N) is 1. The van der Waals surface area contributed by atoms with Crippen LogP contribution in [0.4, 0.5) is 5.69 Å². The van der Waals surface area contributed by atoms with Crippen LogP contribution in [0.15, 0.2) is 18.2 Å². The largest absolute Gasteiger partial charge is 0.399 e. The van der Waals surface area contributed by atoms with Gasteiger partial charge in [0.15, 0.2) is 0 Å². The number of hydrogen-bond acceptors (Lipinski definition) is 4. The highest BCUT2D eigenvalue weighted by Gasteiger charge is 2.22. The molecule has 1 fully saturated rings. The lowest BCUT2D eigenvalue weighted by Crippen LogP contribution is -2.54. The van der Waals surface area contributed by atoms with Gasteiger partial charge in [-0.2, -0.15) is 0 Å². The van der Waals surface area contributed by atoms with Gasteiger partial charge in [0.25, 0.3) is 5.91 Å². The number of likely N-dealkylation sites (N-methyl/N-ethyl adjacent to an activating group) is 2. The molecule has 20 heavy (non-hydrogen) atoms. The second kappa shape index (κ2) is 6.24. The molecule has 1 aromatic rings. The number of aryl methyl sites for hydroxylation is 1. The van der Waals surface area contributed by atoms with Crippen LogP contribution in [0.1, 0.15) is 15.9 Å². The first-order chi connectivity index (χ1) is 9.47. The molecular weight excluding hydrogens is 252 g/mol. The summed E-state index contributed by atoms with van der Waals surface area (Å²) in [7, 11) is 4.22. The van der Waals surface area contributed by atoms with E-state index in [0.717, 1.165) is 25.2 Å². The van der Waals surface area contributed by atoms with Crippen molar-refractivity contribution in [3.8, 4) is 0 Å². The summed E-state index contributed by atoms with van der Waals surface area (Å²) in [6.07, 6.45) is 0. The summed E-state index contributed by atoms with van der Waals surface area (Å²) in [4.78, 5) is 16.8. The first-order valence-corrected chi connectivity index (χ1v) is 7.00. The predicted molar refractivity (Wildman–Crippen MR) is 81.8 cm³/mol. The van der Waals surface area contributed by atoms with E-state index in [1.54, 1.807) is 6.07 Å². The molecule has 1 unspecified atom stereocenters. The van der Waals surface area contributed by atoms with Gasteiger partial charge in [0.2, 0.25) is 0 Å². The molecule has 110 valence electrons. The average molecular weight is 276 g/mol. The molecule has 1 saturated heterocycles. The Morgan fingerprint density at radius 1 is 1.40 bits per heavy atom. The second-order valence-electron chi connectivity index (χ2n) is 5.68. The summed E-state index contributed by atoms with van der Waals surface area (Å²) in [6, 6.07) is 5.79. The third-order valence-electron chi connectivity index (χ3n) is 3.98. The van der Waals surface area contributed by atoms with E-state index in [4.69, 9.17) is 5.73 Å². The Hall–Kier alpha value is -1.59. The Morgan fingerprint density at radius 2 is 2.15 bits per heavy atom. The fourth-order valence-electron chi connectivity index (χ4n) is 2.51. The van der Waals surface area contributed by atoms with Crippen molar-refractivity contribution >= 4 is 11.6 Å². The molecule has 2 rings (SSSR count). The molecule has 1 aliphatic heterocycles. The number of nitrogen functional groups attached to an aromatic ring is 1. The summed E-state index contributed by atoms with van der Waals surface area (Å²) >= 11 is 0. The molecule has 5 nitrogen and oxygen atoms in total. The van der Waals surface area contributed by atoms with E-state index in [-0.39, 0.29) is 5.91 Å². The topological polar surface area (TPSA) is 61.6 Å². The van der Waals surface area contributed by atoms with E-state index in [0.29, 0.717) is 23.8 Å². The van der Waals surface area contributed by atoms with E-state index in [2.05, 4.69) is 29.2 Å². The van der Waals surface area contributed by atoms with Gasteiger partial charge in [0.1, 0.15) is 0 Å². The lowest BCUT2D eigenvalue weighted by molar-refractivity contribution is 0.0880. The van der Waals surface area contributed by atoms with Crippen molar-refractivity contribution in [2.24, 2.45) is 0 Å². The Bertz CT molecular complexity index is 489. The van der Waals surface area contributed by atoms with E-state index in [1.807, 2.05) is 19.1 Å². The van der Waals surface area contributed by atoms with Crippen molar-refractivity contribution in [3.63, 3.8) is 0 Å². The van der Waals surface area contributed by atoms with Gasteiger partial charge in [-0.05, 0) is 38.7 Å². The molecule has 1 aliphatic rings. The summed E-state index contributed by atoms with van der Waals surface area (Å²) in [5.41, 5.74) is 7.98. The second-order valence-corrected chi connectivity index (χ2v) is 5.68. The number of nitrogens with one attached hydrogen (secondary N) is 1. The zero-order chi connectivity index (χ0) is 14.7. The van der Waals surface area contributed by atoms with Crippen LogP contribution < -0.4 is 11.1 Å². The third-order valence-corrected chi connectivity index (χ3v) is 3.98. The summed E-state index contributed by atoms with van der Waals surface area (Å²) in [5.74, 6) is -0.0450. The number of carbonyl (C=O) groups excluding carboxylic acids is 1. The quantitative estimate of drug-likeness (QED) is 0.792. The van der Waals surface area contributed by atoms with Crippen molar-refractivity contribution in [1.29, 1.82) is 0 Å². The number of nitrogens with zero attached hydrogens (tertiary/aromatic N) is 2. The minimum atomic E-state index is -0.0450. The molecule has 0 radical (unpaired) electrons. The van der Waals surface area contributed by atoms with Gasteiger partial charge < -0.3 is 16.0 Å². The van der Waals surface area contributed by atoms with Crippen LogP contribution >= 0.6 is 0 Å².